The van der Waals surface area contributed by atoms with E-state index in [4.69, 9.17) is 4.98 Å². The minimum absolute atomic E-state index is 0. The highest BCUT2D eigenvalue weighted by Crippen LogP contribution is 2.33. The number of nitrogens with zero attached hydrogens (tertiary/aromatic N) is 2. The van der Waals surface area contributed by atoms with Crippen LogP contribution in [0.15, 0.2) is 54.6 Å². The van der Waals surface area contributed by atoms with Crippen molar-refractivity contribution in [1.82, 2.24) is 4.98 Å². The first kappa shape index (κ1) is 20.4. The number of fused-ring (bicyclic) bond motifs is 1. The van der Waals surface area contributed by atoms with Crippen molar-refractivity contribution in [2.24, 2.45) is 0 Å². The van der Waals surface area contributed by atoms with Crippen molar-refractivity contribution in [3.63, 3.8) is 0 Å². The zero-order valence-corrected chi connectivity index (χ0v) is 18.1. The number of halogens is 1. The molecule has 0 bridgehead atoms. The monoisotopic (exact) mass is 412 g/mol. The van der Waals surface area contributed by atoms with Crippen molar-refractivity contribution in [3.05, 3.63) is 60.2 Å². The first-order valence-electron chi connectivity index (χ1n) is 9.28. The SMILES string of the molecule is Br.CCc1ccc(-c2cc(N(C(C)C)C(C)C)c3ccccc3n2)cc1. The topological polar surface area (TPSA) is 16.1 Å². The average Bonchev–Trinajstić information content (AvgIpc) is 2.61. The molecule has 26 heavy (non-hydrogen) atoms. The number of hydrogen-bond acceptors (Lipinski definition) is 2. The van der Waals surface area contributed by atoms with E-state index < -0.39 is 0 Å². The lowest BCUT2D eigenvalue weighted by Crippen LogP contribution is -2.37. The van der Waals surface area contributed by atoms with Crippen LogP contribution in [0.4, 0.5) is 5.69 Å². The normalized spacial score (nSPS) is 11.0. The number of hydrogen-bond donors (Lipinski definition) is 0. The van der Waals surface area contributed by atoms with Crippen LogP contribution in [0.3, 0.4) is 0 Å². The number of para-hydroxylation sites is 1. The molecule has 0 atom stereocenters. The maximum absolute atomic E-state index is 4.94. The second-order valence-electron chi connectivity index (χ2n) is 7.19. The highest BCUT2D eigenvalue weighted by atomic mass is 79.9. The summed E-state index contributed by atoms with van der Waals surface area (Å²) in [5.41, 5.74) is 5.90. The third-order valence-corrected chi connectivity index (χ3v) is 4.74. The van der Waals surface area contributed by atoms with Gasteiger partial charge in [0.2, 0.25) is 0 Å². The molecule has 0 aliphatic rings. The van der Waals surface area contributed by atoms with E-state index in [9.17, 15) is 0 Å². The number of rotatable bonds is 5. The minimum Gasteiger partial charge on any atom is -0.366 e. The van der Waals surface area contributed by atoms with Crippen LogP contribution in [0.5, 0.6) is 0 Å². The highest BCUT2D eigenvalue weighted by Gasteiger charge is 2.18. The molecule has 3 heteroatoms. The standard InChI is InChI=1S/C23H28N2.BrH/c1-6-18-11-13-19(14-12-18)22-15-23(25(16(2)3)17(4)5)20-9-7-8-10-21(20)24-22;/h7-17H,6H2,1-5H3;1H. The first-order valence-corrected chi connectivity index (χ1v) is 9.28. The smallest absolute Gasteiger partial charge is 0.0730 e. The molecule has 0 unspecified atom stereocenters. The molecule has 0 N–H and O–H groups in total. The van der Waals surface area contributed by atoms with Crippen LogP contribution in [-0.4, -0.2) is 17.1 Å². The molecular formula is C23H29BrN2. The zero-order valence-electron chi connectivity index (χ0n) is 16.4. The van der Waals surface area contributed by atoms with Crippen molar-refractivity contribution in [3.8, 4) is 11.3 Å². The van der Waals surface area contributed by atoms with Gasteiger partial charge in [-0.25, -0.2) is 4.98 Å². The predicted molar refractivity (Wildman–Crippen MR) is 120 cm³/mol. The lowest BCUT2D eigenvalue weighted by molar-refractivity contribution is 0.610. The molecule has 0 aliphatic heterocycles. The molecule has 0 fully saturated rings. The van der Waals surface area contributed by atoms with Crippen molar-refractivity contribution < 1.29 is 0 Å². The van der Waals surface area contributed by atoms with Gasteiger partial charge in [0, 0.05) is 28.7 Å². The molecule has 0 radical (unpaired) electrons. The Morgan fingerprint density at radius 1 is 0.885 bits per heavy atom. The van der Waals surface area contributed by atoms with E-state index in [-0.39, 0.29) is 17.0 Å². The fourth-order valence-corrected chi connectivity index (χ4v) is 3.58. The van der Waals surface area contributed by atoms with Gasteiger partial charge in [-0.3, -0.25) is 0 Å². The third-order valence-electron chi connectivity index (χ3n) is 4.74. The number of aryl methyl sites for hydroxylation is 1. The van der Waals surface area contributed by atoms with Crippen LogP contribution in [0.25, 0.3) is 22.2 Å². The maximum Gasteiger partial charge on any atom is 0.0730 e. The second-order valence-corrected chi connectivity index (χ2v) is 7.19. The van der Waals surface area contributed by atoms with E-state index in [0.717, 1.165) is 17.6 Å². The van der Waals surface area contributed by atoms with Gasteiger partial charge in [-0.1, -0.05) is 49.4 Å². The molecule has 1 aromatic heterocycles. The van der Waals surface area contributed by atoms with Gasteiger partial charge < -0.3 is 4.90 Å². The molecule has 0 saturated heterocycles. The van der Waals surface area contributed by atoms with Crippen molar-refractivity contribution in [2.45, 2.75) is 53.1 Å². The fourth-order valence-electron chi connectivity index (χ4n) is 3.58. The second kappa shape index (κ2) is 8.68. The molecule has 0 amide bonds. The average molecular weight is 413 g/mol. The Kier molecular flexibility index (Phi) is 6.82. The summed E-state index contributed by atoms with van der Waals surface area (Å²) in [5, 5.41) is 1.22. The first-order chi connectivity index (χ1) is 12.0. The summed E-state index contributed by atoms with van der Waals surface area (Å²) in [7, 11) is 0. The lowest BCUT2D eigenvalue weighted by atomic mass is 10.0. The molecule has 3 rings (SSSR count). The molecule has 0 spiro atoms. The number of benzene rings is 2. The third kappa shape index (κ3) is 4.09. The molecule has 0 aliphatic carbocycles. The van der Waals surface area contributed by atoms with Gasteiger partial charge in [-0.05, 0) is 51.8 Å². The summed E-state index contributed by atoms with van der Waals surface area (Å²) >= 11 is 0. The van der Waals surface area contributed by atoms with Crippen LogP contribution in [0.1, 0.15) is 40.2 Å². The summed E-state index contributed by atoms with van der Waals surface area (Å²) in [6, 6.07) is 20.4. The molecule has 3 aromatic rings. The highest BCUT2D eigenvalue weighted by molar-refractivity contribution is 8.93. The summed E-state index contributed by atoms with van der Waals surface area (Å²) in [4.78, 5) is 7.42. The van der Waals surface area contributed by atoms with Crippen molar-refractivity contribution in [2.75, 3.05) is 4.90 Å². The van der Waals surface area contributed by atoms with E-state index in [1.165, 1.54) is 22.2 Å². The summed E-state index contributed by atoms with van der Waals surface area (Å²) in [5.74, 6) is 0. The summed E-state index contributed by atoms with van der Waals surface area (Å²) in [6.45, 7) is 11.2. The molecule has 2 nitrogen and oxygen atoms in total. The molecular weight excluding hydrogens is 384 g/mol. The molecule has 1 heterocycles. The Labute approximate surface area is 168 Å². The lowest BCUT2D eigenvalue weighted by Gasteiger charge is -2.34. The van der Waals surface area contributed by atoms with Gasteiger partial charge >= 0.3 is 0 Å². The Hall–Kier alpha value is -1.87. The van der Waals surface area contributed by atoms with Gasteiger partial charge in [0.15, 0.2) is 0 Å². The van der Waals surface area contributed by atoms with Gasteiger partial charge in [0.25, 0.3) is 0 Å². The van der Waals surface area contributed by atoms with E-state index in [1.54, 1.807) is 0 Å². The van der Waals surface area contributed by atoms with Crippen molar-refractivity contribution in [1.29, 1.82) is 0 Å². The van der Waals surface area contributed by atoms with E-state index in [0.29, 0.717) is 12.1 Å². The Bertz CT molecular complexity index is 846. The summed E-state index contributed by atoms with van der Waals surface area (Å²) in [6.07, 6.45) is 1.06. The van der Waals surface area contributed by atoms with Crippen LogP contribution < -0.4 is 4.90 Å². The van der Waals surface area contributed by atoms with Crippen molar-refractivity contribution >= 4 is 33.6 Å². The molecule has 138 valence electrons. The Balaban J connectivity index is 0.00000243. The zero-order chi connectivity index (χ0) is 18.0. The van der Waals surface area contributed by atoms with Gasteiger partial charge in [-0.2, -0.15) is 0 Å². The van der Waals surface area contributed by atoms with Gasteiger partial charge in [0.05, 0.1) is 11.2 Å². The van der Waals surface area contributed by atoms with Gasteiger partial charge in [-0.15, -0.1) is 17.0 Å². The van der Waals surface area contributed by atoms with Crippen LogP contribution in [0.2, 0.25) is 0 Å². The van der Waals surface area contributed by atoms with Crippen LogP contribution in [0, 0.1) is 0 Å². The largest absolute Gasteiger partial charge is 0.366 e. The summed E-state index contributed by atoms with van der Waals surface area (Å²) < 4.78 is 0. The quantitative estimate of drug-likeness (QED) is 0.465. The number of aromatic nitrogens is 1. The van der Waals surface area contributed by atoms with E-state index >= 15 is 0 Å². The number of pyridine rings is 1. The van der Waals surface area contributed by atoms with Crippen LogP contribution >= 0.6 is 17.0 Å². The maximum atomic E-state index is 4.94. The van der Waals surface area contributed by atoms with Crippen LogP contribution in [-0.2, 0) is 6.42 Å². The van der Waals surface area contributed by atoms with E-state index in [1.807, 2.05) is 0 Å². The van der Waals surface area contributed by atoms with Gasteiger partial charge in [0.1, 0.15) is 0 Å². The fraction of sp³-hybridized carbons (Fsp3) is 0.348. The Morgan fingerprint density at radius 3 is 2.08 bits per heavy atom. The number of anilines is 1. The molecule has 2 aromatic carbocycles. The predicted octanol–water partition coefficient (Wildman–Crippen LogP) is 6.67. The van der Waals surface area contributed by atoms with E-state index in [2.05, 4.69) is 94.1 Å². The minimum atomic E-state index is 0. The Morgan fingerprint density at radius 2 is 1.50 bits per heavy atom. The molecule has 0 saturated carbocycles.